The molecule has 0 aliphatic carbocycles. The monoisotopic (exact) mass is 204 g/mol. The van der Waals surface area contributed by atoms with E-state index < -0.39 is 12.2 Å². The Kier molecular flexibility index (Phi) is 6.26. The quantitative estimate of drug-likeness (QED) is 0.687. The van der Waals surface area contributed by atoms with Crippen LogP contribution in [0.1, 0.15) is 13.8 Å². The first-order valence-corrected chi connectivity index (χ1v) is 4.40. The average molecular weight is 204 g/mol. The van der Waals surface area contributed by atoms with Crippen LogP contribution in [0.2, 0.25) is 0 Å². The Balaban J connectivity index is 3.67. The summed E-state index contributed by atoms with van der Waals surface area (Å²) in [4.78, 5) is 23.1. The number of carbonyl (C=O) groups is 2. The van der Waals surface area contributed by atoms with Crippen LogP contribution >= 0.6 is 0 Å². The van der Waals surface area contributed by atoms with Gasteiger partial charge in [0.05, 0.1) is 19.9 Å². The van der Waals surface area contributed by atoms with E-state index in [0.717, 1.165) is 0 Å². The summed E-state index contributed by atoms with van der Waals surface area (Å²) < 4.78 is 9.29. The highest BCUT2D eigenvalue weighted by Gasteiger charge is 2.09. The lowest BCUT2D eigenvalue weighted by Gasteiger charge is -2.16. The number of nitrogens with one attached hydrogen (secondary N) is 1. The van der Waals surface area contributed by atoms with E-state index in [0.29, 0.717) is 13.2 Å². The molecule has 0 saturated carbocycles. The normalized spacial score (nSPS) is 9.07. The smallest absolute Gasteiger partial charge is 0.410 e. The Morgan fingerprint density at radius 1 is 1.21 bits per heavy atom. The molecule has 14 heavy (non-hydrogen) atoms. The summed E-state index contributed by atoms with van der Waals surface area (Å²) in [7, 11) is 1.52. The van der Waals surface area contributed by atoms with Crippen LogP contribution in [0, 0.1) is 0 Å². The van der Waals surface area contributed by atoms with Gasteiger partial charge in [0.25, 0.3) is 0 Å². The molecule has 0 atom stereocenters. The van der Waals surface area contributed by atoms with E-state index in [1.165, 1.54) is 11.9 Å². The predicted octanol–water partition coefficient (Wildman–Crippen LogP) is 0.778. The van der Waals surface area contributed by atoms with Crippen LogP contribution < -0.4 is 5.32 Å². The maximum atomic E-state index is 11.0. The first-order chi connectivity index (χ1) is 6.61. The summed E-state index contributed by atoms with van der Waals surface area (Å²) in [6.45, 7) is 4.09. The fourth-order valence-electron chi connectivity index (χ4n) is 0.663. The fourth-order valence-corrected chi connectivity index (χ4v) is 0.663. The zero-order valence-electron chi connectivity index (χ0n) is 8.70. The first-order valence-electron chi connectivity index (χ1n) is 4.40. The Morgan fingerprint density at radius 3 is 2.29 bits per heavy atom. The predicted molar refractivity (Wildman–Crippen MR) is 49.8 cm³/mol. The van der Waals surface area contributed by atoms with E-state index in [9.17, 15) is 9.59 Å². The van der Waals surface area contributed by atoms with Crippen LogP contribution in [0.4, 0.5) is 9.59 Å². The third-order valence-corrected chi connectivity index (χ3v) is 1.32. The van der Waals surface area contributed by atoms with Crippen molar-refractivity contribution in [2.24, 2.45) is 0 Å². The van der Waals surface area contributed by atoms with E-state index in [4.69, 9.17) is 4.74 Å². The van der Waals surface area contributed by atoms with Crippen molar-refractivity contribution in [1.29, 1.82) is 0 Å². The van der Waals surface area contributed by atoms with Gasteiger partial charge < -0.3 is 14.8 Å². The lowest BCUT2D eigenvalue weighted by molar-refractivity contribution is 0.109. The molecule has 0 radical (unpaired) electrons. The van der Waals surface area contributed by atoms with Crippen LogP contribution in [0.25, 0.3) is 0 Å². The first kappa shape index (κ1) is 12.5. The van der Waals surface area contributed by atoms with E-state index in [1.54, 1.807) is 13.8 Å². The van der Waals surface area contributed by atoms with Gasteiger partial charge >= 0.3 is 12.2 Å². The van der Waals surface area contributed by atoms with Crippen LogP contribution in [0.3, 0.4) is 0 Å². The summed E-state index contributed by atoms with van der Waals surface area (Å²) in [6, 6.07) is 0. The Morgan fingerprint density at radius 2 is 1.79 bits per heavy atom. The third-order valence-electron chi connectivity index (χ3n) is 1.32. The van der Waals surface area contributed by atoms with Gasteiger partial charge in [0.2, 0.25) is 0 Å². The van der Waals surface area contributed by atoms with E-state index in [-0.39, 0.29) is 6.67 Å². The molecular weight excluding hydrogens is 188 g/mol. The van der Waals surface area contributed by atoms with Crippen molar-refractivity contribution in [2.45, 2.75) is 13.8 Å². The molecule has 0 aromatic heterocycles. The molecule has 0 bridgehead atoms. The Bertz CT molecular complexity index is 196. The van der Waals surface area contributed by atoms with Crippen LogP contribution in [-0.4, -0.2) is 44.0 Å². The third kappa shape index (κ3) is 5.23. The van der Waals surface area contributed by atoms with Crippen molar-refractivity contribution < 1.29 is 19.1 Å². The van der Waals surface area contributed by atoms with Crippen molar-refractivity contribution >= 4 is 12.2 Å². The molecule has 1 N–H and O–H groups in total. The second kappa shape index (κ2) is 6.99. The van der Waals surface area contributed by atoms with E-state index in [1.807, 2.05) is 0 Å². The van der Waals surface area contributed by atoms with Gasteiger partial charge in [-0.15, -0.1) is 0 Å². The Hall–Kier alpha value is -1.46. The highest BCUT2D eigenvalue weighted by atomic mass is 16.6. The Labute approximate surface area is 83.2 Å². The van der Waals surface area contributed by atoms with Crippen LogP contribution in [-0.2, 0) is 9.47 Å². The van der Waals surface area contributed by atoms with Gasteiger partial charge in [0.15, 0.2) is 0 Å². The molecule has 0 saturated heterocycles. The number of ether oxygens (including phenoxy) is 2. The number of hydrogen-bond acceptors (Lipinski definition) is 4. The van der Waals surface area contributed by atoms with Crippen LogP contribution in [0.15, 0.2) is 0 Å². The zero-order chi connectivity index (χ0) is 11.0. The van der Waals surface area contributed by atoms with E-state index in [2.05, 4.69) is 10.1 Å². The molecule has 0 heterocycles. The van der Waals surface area contributed by atoms with Crippen molar-refractivity contribution in [3.63, 3.8) is 0 Å². The number of amides is 2. The number of hydrogen-bond donors (Lipinski definition) is 1. The minimum atomic E-state index is -0.552. The molecule has 0 unspecified atom stereocenters. The SMILES string of the molecule is CCOC(=O)NCN(C)C(=O)OCC. The zero-order valence-corrected chi connectivity index (χ0v) is 8.70. The number of carbonyl (C=O) groups excluding carboxylic acids is 2. The molecule has 82 valence electrons. The largest absolute Gasteiger partial charge is 0.450 e. The topological polar surface area (TPSA) is 67.9 Å². The van der Waals surface area contributed by atoms with Gasteiger partial charge in [-0.05, 0) is 13.8 Å². The molecule has 0 aromatic rings. The number of rotatable bonds is 4. The second-order valence-electron chi connectivity index (χ2n) is 2.45. The summed E-state index contributed by atoms with van der Waals surface area (Å²) in [5, 5.41) is 2.39. The summed E-state index contributed by atoms with van der Waals surface area (Å²) in [5.74, 6) is 0. The molecule has 0 aliphatic heterocycles. The molecular formula is C8H16N2O4. The highest BCUT2D eigenvalue weighted by molar-refractivity contribution is 5.70. The summed E-state index contributed by atoms with van der Waals surface area (Å²) >= 11 is 0. The van der Waals surface area contributed by atoms with Crippen molar-refractivity contribution in [1.82, 2.24) is 10.2 Å². The molecule has 0 aromatic carbocycles. The fraction of sp³-hybridized carbons (Fsp3) is 0.750. The molecule has 0 spiro atoms. The minimum Gasteiger partial charge on any atom is -0.450 e. The van der Waals surface area contributed by atoms with Gasteiger partial charge in [-0.25, -0.2) is 9.59 Å². The second-order valence-corrected chi connectivity index (χ2v) is 2.45. The average Bonchev–Trinajstić information content (AvgIpc) is 2.15. The standard InChI is InChI=1S/C8H16N2O4/c1-4-13-7(11)9-6-10(3)8(12)14-5-2/h4-6H2,1-3H3,(H,9,11). The molecule has 2 amide bonds. The molecule has 6 nitrogen and oxygen atoms in total. The molecule has 0 aliphatic rings. The maximum Gasteiger partial charge on any atom is 0.410 e. The van der Waals surface area contributed by atoms with Gasteiger partial charge in [-0.1, -0.05) is 0 Å². The highest BCUT2D eigenvalue weighted by Crippen LogP contribution is 1.88. The maximum absolute atomic E-state index is 11.0. The van der Waals surface area contributed by atoms with Crippen molar-refractivity contribution in [3.8, 4) is 0 Å². The van der Waals surface area contributed by atoms with E-state index >= 15 is 0 Å². The molecule has 0 fully saturated rings. The van der Waals surface area contributed by atoms with Crippen molar-refractivity contribution in [3.05, 3.63) is 0 Å². The van der Waals surface area contributed by atoms with Gasteiger partial charge in [0.1, 0.15) is 0 Å². The lowest BCUT2D eigenvalue weighted by Crippen LogP contribution is -2.39. The number of alkyl carbamates (subject to hydrolysis) is 1. The molecule has 6 heteroatoms. The van der Waals surface area contributed by atoms with Crippen LogP contribution in [0.5, 0.6) is 0 Å². The van der Waals surface area contributed by atoms with Gasteiger partial charge in [-0.2, -0.15) is 0 Å². The van der Waals surface area contributed by atoms with Crippen molar-refractivity contribution in [2.75, 3.05) is 26.9 Å². The van der Waals surface area contributed by atoms with Gasteiger partial charge in [0, 0.05) is 7.05 Å². The minimum absolute atomic E-state index is 0.0671. The van der Waals surface area contributed by atoms with Gasteiger partial charge in [-0.3, -0.25) is 4.90 Å². The summed E-state index contributed by atoms with van der Waals surface area (Å²) in [6.07, 6.45) is -1.03. The summed E-state index contributed by atoms with van der Waals surface area (Å²) in [5.41, 5.74) is 0. The number of nitrogens with zero attached hydrogens (tertiary/aromatic N) is 1. The lowest BCUT2D eigenvalue weighted by atomic mass is 10.8. The molecule has 0 rings (SSSR count).